The van der Waals surface area contributed by atoms with Crippen molar-refractivity contribution in [1.82, 2.24) is 4.90 Å². The molecule has 2 rings (SSSR count). The molecule has 1 fully saturated rings. The second-order valence-electron chi connectivity index (χ2n) is 4.90. The molecule has 4 nitrogen and oxygen atoms in total. The largest absolute Gasteiger partial charge is 0.482 e. The van der Waals surface area contributed by atoms with Crippen molar-refractivity contribution in [2.45, 2.75) is 32.7 Å². The lowest BCUT2D eigenvalue weighted by atomic mass is 10.1. The molecule has 0 bridgehead atoms. The molecule has 1 aliphatic carbocycles. The topological polar surface area (TPSA) is 46.6 Å². The molecule has 5 heteroatoms. The lowest BCUT2D eigenvalue weighted by molar-refractivity contribution is -0.133. The number of likely N-dealkylation sites (N-methyl/N-ethyl adjacent to an activating group) is 1. The van der Waals surface area contributed by atoms with E-state index in [1.807, 2.05) is 11.8 Å². The predicted molar refractivity (Wildman–Crippen MR) is 77.4 cm³/mol. The summed E-state index contributed by atoms with van der Waals surface area (Å²) < 4.78 is 5.46. The van der Waals surface area contributed by atoms with Gasteiger partial charge in [0.1, 0.15) is 5.75 Å². The van der Waals surface area contributed by atoms with Crippen LogP contribution >= 0.6 is 11.6 Å². The predicted octanol–water partition coefficient (Wildman–Crippen LogP) is 2.93. The number of ketones is 1. The number of nitrogens with zero attached hydrogens (tertiary/aromatic N) is 1. The molecule has 1 aromatic carbocycles. The molecule has 0 N–H and O–H groups in total. The number of ether oxygens (including phenoxy) is 1. The molecule has 1 aromatic rings. The summed E-state index contributed by atoms with van der Waals surface area (Å²) in [7, 11) is 0. The highest BCUT2D eigenvalue weighted by atomic mass is 35.5. The van der Waals surface area contributed by atoms with E-state index < -0.39 is 0 Å². The molecule has 0 spiro atoms. The Bertz CT molecular complexity index is 526. The summed E-state index contributed by atoms with van der Waals surface area (Å²) in [6.07, 6.45) is 2.15. The van der Waals surface area contributed by atoms with Gasteiger partial charge in [-0.05, 0) is 44.9 Å². The quantitative estimate of drug-likeness (QED) is 0.758. The van der Waals surface area contributed by atoms with Crippen molar-refractivity contribution < 1.29 is 14.3 Å². The van der Waals surface area contributed by atoms with Crippen molar-refractivity contribution in [2.75, 3.05) is 13.2 Å². The van der Waals surface area contributed by atoms with Gasteiger partial charge < -0.3 is 9.64 Å². The Morgan fingerprint density at radius 1 is 1.40 bits per heavy atom. The first-order valence-corrected chi connectivity index (χ1v) is 7.13. The summed E-state index contributed by atoms with van der Waals surface area (Å²) >= 11 is 6.04. The number of benzene rings is 1. The number of carbonyl (C=O) groups is 2. The van der Waals surface area contributed by atoms with Crippen LogP contribution in [0.15, 0.2) is 18.2 Å². The molecule has 20 heavy (non-hydrogen) atoms. The Morgan fingerprint density at radius 2 is 2.10 bits per heavy atom. The third-order valence-corrected chi connectivity index (χ3v) is 3.63. The highest BCUT2D eigenvalue weighted by Gasteiger charge is 2.31. The van der Waals surface area contributed by atoms with Crippen molar-refractivity contribution in [3.05, 3.63) is 28.8 Å². The first-order valence-electron chi connectivity index (χ1n) is 6.75. The molecule has 0 saturated heterocycles. The first-order chi connectivity index (χ1) is 9.52. The smallest absolute Gasteiger partial charge is 0.260 e. The van der Waals surface area contributed by atoms with Crippen LogP contribution in [0.3, 0.4) is 0 Å². The highest BCUT2D eigenvalue weighted by molar-refractivity contribution is 6.32. The van der Waals surface area contributed by atoms with Crippen LogP contribution in [0.2, 0.25) is 5.02 Å². The van der Waals surface area contributed by atoms with Crippen molar-refractivity contribution >= 4 is 23.3 Å². The maximum Gasteiger partial charge on any atom is 0.260 e. The van der Waals surface area contributed by atoms with Crippen LogP contribution < -0.4 is 4.74 Å². The molecular formula is C15H18ClNO3. The monoisotopic (exact) mass is 295 g/mol. The van der Waals surface area contributed by atoms with Gasteiger partial charge in [-0.2, -0.15) is 0 Å². The number of hydrogen-bond donors (Lipinski definition) is 0. The molecular weight excluding hydrogens is 278 g/mol. The molecule has 108 valence electrons. The van der Waals surface area contributed by atoms with E-state index >= 15 is 0 Å². The zero-order valence-electron chi connectivity index (χ0n) is 11.7. The third-order valence-electron chi connectivity index (χ3n) is 3.34. The minimum absolute atomic E-state index is 0.0243. The minimum atomic E-state index is -0.0552. The molecule has 0 radical (unpaired) electrons. The molecule has 0 heterocycles. The van der Waals surface area contributed by atoms with E-state index in [-0.39, 0.29) is 18.3 Å². The Hall–Kier alpha value is -1.55. The fourth-order valence-electron chi connectivity index (χ4n) is 2.08. The number of hydrogen-bond acceptors (Lipinski definition) is 3. The zero-order valence-corrected chi connectivity index (χ0v) is 12.4. The average Bonchev–Trinajstić information content (AvgIpc) is 3.22. The molecule has 0 atom stereocenters. The van der Waals surface area contributed by atoms with E-state index in [9.17, 15) is 9.59 Å². The van der Waals surface area contributed by atoms with Crippen molar-refractivity contribution in [3.8, 4) is 5.75 Å². The van der Waals surface area contributed by atoms with Gasteiger partial charge in [-0.15, -0.1) is 0 Å². The molecule has 0 aliphatic heterocycles. The summed E-state index contributed by atoms with van der Waals surface area (Å²) in [6.45, 7) is 4.11. The average molecular weight is 296 g/mol. The van der Waals surface area contributed by atoms with E-state index in [2.05, 4.69) is 0 Å². The van der Waals surface area contributed by atoms with Gasteiger partial charge in [0.15, 0.2) is 12.4 Å². The van der Waals surface area contributed by atoms with Gasteiger partial charge in [-0.1, -0.05) is 11.6 Å². The van der Waals surface area contributed by atoms with Crippen LogP contribution in [-0.4, -0.2) is 35.8 Å². The third kappa shape index (κ3) is 3.51. The van der Waals surface area contributed by atoms with E-state index in [4.69, 9.17) is 16.3 Å². The van der Waals surface area contributed by atoms with Crippen LogP contribution in [0.25, 0.3) is 0 Å². The van der Waals surface area contributed by atoms with Gasteiger partial charge in [0, 0.05) is 18.2 Å². The van der Waals surface area contributed by atoms with E-state index in [1.54, 1.807) is 18.2 Å². The number of halogens is 1. The van der Waals surface area contributed by atoms with Gasteiger partial charge >= 0.3 is 0 Å². The Kier molecular flexibility index (Phi) is 4.65. The number of Topliss-reactive ketones (excluding diaryl/α,β-unsaturated/α-hetero) is 1. The zero-order chi connectivity index (χ0) is 14.7. The van der Waals surface area contributed by atoms with E-state index in [0.717, 1.165) is 12.8 Å². The minimum Gasteiger partial charge on any atom is -0.482 e. The Morgan fingerprint density at radius 3 is 2.60 bits per heavy atom. The lowest BCUT2D eigenvalue weighted by Gasteiger charge is -2.20. The van der Waals surface area contributed by atoms with Gasteiger partial charge in [-0.25, -0.2) is 0 Å². The van der Waals surface area contributed by atoms with Crippen molar-refractivity contribution in [2.24, 2.45) is 0 Å². The maximum atomic E-state index is 12.0. The summed E-state index contributed by atoms with van der Waals surface area (Å²) in [5.41, 5.74) is 0.529. The summed E-state index contributed by atoms with van der Waals surface area (Å²) in [6, 6.07) is 5.21. The first kappa shape index (κ1) is 14.9. The second kappa shape index (κ2) is 6.27. The second-order valence-corrected chi connectivity index (χ2v) is 5.31. The fourth-order valence-corrected chi connectivity index (χ4v) is 2.32. The molecule has 0 unspecified atom stereocenters. The van der Waals surface area contributed by atoms with Gasteiger partial charge in [0.05, 0.1) is 5.02 Å². The standard InChI is InChI=1S/C15H18ClNO3/c1-3-17(12-5-6-12)15(19)9-20-14-7-4-11(10(2)18)8-13(14)16/h4,7-8,12H,3,5-6,9H2,1-2H3. The van der Waals surface area contributed by atoms with Crippen LogP contribution in [-0.2, 0) is 4.79 Å². The van der Waals surface area contributed by atoms with Gasteiger partial charge in [0.2, 0.25) is 0 Å². The highest BCUT2D eigenvalue weighted by Crippen LogP contribution is 2.28. The fraction of sp³-hybridized carbons (Fsp3) is 0.467. The van der Waals surface area contributed by atoms with E-state index in [1.165, 1.54) is 6.92 Å². The number of amides is 1. The van der Waals surface area contributed by atoms with Crippen molar-refractivity contribution in [1.29, 1.82) is 0 Å². The SMILES string of the molecule is CCN(C(=O)COc1ccc(C(C)=O)cc1Cl)C1CC1. The normalized spacial score (nSPS) is 13.9. The summed E-state index contributed by atoms with van der Waals surface area (Å²) in [5, 5.41) is 0.347. The van der Waals surface area contributed by atoms with Crippen LogP contribution in [0, 0.1) is 0 Å². The molecule has 1 amide bonds. The number of rotatable bonds is 6. The van der Waals surface area contributed by atoms with Crippen LogP contribution in [0.4, 0.5) is 0 Å². The van der Waals surface area contributed by atoms with Crippen molar-refractivity contribution in [3.63, 3.8) is 0 Å². The summed E-state index contributed by atoms with van der Waals surface area (Å²) in [5.74, 6) is 0.346. The number of carbonyl (C=O) groups excluding carboxylic acids is 2. The molecule has 0 aromatic heterocycles. The van der Waals surface area contributed by atoms with Crippen LogP contribution in [0.5, 0.6) is 5.75 Å². The van der Waals surface area contributed by atoms with Gasteiger partial charge in [0.25, 0.3) is 5.91 Å². The van der Waals surface area contributed by atoms with E-state index in [0.29, 0.717) is 28.9 Å². The lowest BCUT2D eigenvalue weighted by Crippen LogP contribution is -2.36. The molecule has 1 saturated carbocycles. The Balaban J connectivity index is 1.96. The summed E-state index contributed by atoms with van der Waals surface area (Å²) in [4.78, 5) is 25.1. The Labute approximate surface area is 123 Å². The molecule has 1 aliphatic rings. The van der Waals surface area contributed by atoms with Gasteiger partial charge in [-0.3, -0.25) is 9.59 Å². The maximum absolute atomic E-state index is 12.0. The van der Waals surface area contributed by atoms with Crippen LogP contribution in [0.1, 0.15) is 37.0 Å².